The monoisotopic (exact) mass is 1800 g/mol. The van der Waals surface area contributed by atoms with E-state index >= 15 is 19.2 Å². The summed E-state index contributed by atoms with van der Waals surface area (Å²) in [6.45, 7) is 5.33. The molecule has 0 aromatic heterocycles. The zero-order valence-corrected chi connectivity index (χ0v) is 70.4. The minimum Gasteiger partial charge on any atom is -0.516 e. The van der Waals surface area contributed by atoms with Crippen LogP contribution >= 0.6 is 23.2 Å². The average molecular weight is 1810 g/mol. The molecule has 122 heavy (non-hydrogen) atoms. The maximum Gasteiger partial charge on any atom is 0.325 e. The van der Waals surface area contributed by atoms with Gasteiger partial charge in [-0.05, 0) is 157 Å². The molecular formula is C84H93Cl2N8O27Y-. The van der Waals surface area contributed by atoms with E-state index in [0.717, 1.165) is 118 Å². The van der Waals surface area contributed by atoms with Gasteiger partial charge in [-0.1, -0.05) is 99.8 Å². The maximum absolute atomic E-state index is 16.7. The van der Waals surface area contributed by atoms with Gasteiger partial charge in [0.2, 0.25) is 41.2 Å². The molecule has 1 radical (unpaired) electrons. The summed E-state index contributed by atoms with van der Waals surface area (Å²) in [5.74, 6) is -17.0. The van der Waals surface area contributed by atoms with E-state index in [1.54, 1.807) is 0 Å². The number of unbranched alkanes of at least 4 members (excludes halogenated alkanes) is 5. The van der Waals surface area contributed by atoms with Crippen LogP contribution in [0.15, 0.2) is 115 Å². The number of aliphatic hydroxyl groups excluding tert-OH is 8. The van der Waals surface area contributed by atoms with Gasteiger partial charge in [-0.3, -0.25) is 38.4 Å². The summed E-state index contributed by atoms with van der Waals surface area (Å²) in [4.78, 5) is 120. The normalized spacial score (nSPS) is 25.7. The third-order valence-corrected chi connectivity index (χ3v) is 22.3. The predicted octanol–water partition coefficient (Wildman–Crippen LogP) is 5.46. The number of carbonyl (C=O) groups excluding carboxylic acids is 7. The first kappa shape index (κ1) is 92.7. The van der Waals surface area contributed by atoms with Gasteiger partial charge in [0.15, 0.2) is 35.1 Å². The second-order valence-electron chi connectivity index (χ2n) is 30.7. The van der Waals surface area contributed by atoms with Gasteiger partial charge in [-0.15, -0.1) is 0 Å². The molecule has 18 atom stereocenters. The Morgan fingerprint density at radius 1 is 0.582 bits per heavy atom. The van der Waals surface area contributed by atoms with Crippen molar-refractivity contribution >= 4 is 70.4 Å². The summed E-state index contributed by atoms with van der Waals surface area (Å²) in [6, 6.07) is 4.49. The Kier molecular flexibility index (Phi) is 30.4. The topological polar surface area (TPSA) is 565 Å². The molecule has 2 fully saturated rings. The number of nitrogens with one attached hydrogen (secondary N) is 7. The number of hydrogen-bond acceptors (Lipinski definition) is 28. The fraction of sp³-hybridized carbons (Fsp3) is 0.393. The van der Waals surface area contributed by atoms with Gasteiger partial charge in [-0.25, -0.2) is 0 Å². The molecule has 14 rings (SSSR count). The van der Waals surface area contributed by atoms with Crippen molar-refractivity contribution in [3.05, 3.63) is 171 Å². The van der Waals surface area contributed by atoms with Crippen molar-refractivity contribution in [2.45, 2.75) is 182 Å². The van der Waals surface area contributed by atoms with Gasteiger partial charge >= 0.3 is 5.97 Å². The molecule has 9 unspecified atom stereocenters. The maximum atomic E-state index is 16.7. The van der Waals surface area contributed by atoms with Crippen LogP contribution in [0.3, 0.4) is 0 Å². The summed E-state index contributed by atoms with van der Waals surface area (Å²) < 4.78 is 38.5. The van der Waals surface area contributed by atoms with E-state index < -0.39 is 249 Å². The van der Waals surface area contributed by atoms with Crippen molar-refractivity contribution in [1.29, 1.82) is 0 Å². The van der Waals surface area contributed by atoms with E-state index in [2.05, 4.69) is 51.1 Å². The standard InChI is InChI=1S/C84H93Cl2N8O27.Y/c1-35(2)11-9-7-5-6-8-10-12-61(102)89-70-74(106)53(101)34-116-84(70)121-77-59-27-42-28-60(77)119-55-20-16-40(25-50(55)86)72(104)69-82(113)93-67(41-21-44(97)30-46(22-41)117-56-26-38(14-18-52(56)100)65(88-4)78(109)94-69)80(111)92-68(42)81(112)91-66(79(110)90-64(36(3)96)71(103)39-15-19-54(118-59)49(85)24-39)37-13-17-51(99)47(23-37)62-48(63(87)83(114)115)31-45(98)32-57(62)120-58-29-43(33-95)73(105)76(108)75(58)107;/h13-28,30-32,34-35,43,53,58,63-76,84,88,95,97-101,103-108H,5-12,29,33,87H2,1-4H3,(H,89,102)(H,90,110)(H,91,112)(H,92,111)(H,93,113)(H,94,109)(H,114,115);/q-1;/t43?,53?,58?,63-,64+,65+,66+,67-,68+,69+,70?,71+,72+,73?,74?,75?,76?,84?;/m0./s1. The number of phenols is 4. The number of aliphatic carboxylic acids is 1. The predicted molar refractivity (Wildman–Crippen MR) is 428 cm³/mol. The molecule has 6 amide bonds. The van der Waals surface area contributed by atoms with Crippen LogP contribution in [0.4, 0.5) is 0 Å². The number of halogens is 2. The number of fused-ring (bicyclic) bond motifs is 15. The van der Waals surface area contributed by atoms with Crippen molar-refractivity contribution in [2.75, 3.05) is 13.7 Å². The molecule has 1 aliphatic carbocycles. The fourth-order valence-corrected chi connectivity index (χ4v) is 15.6. The number of nitrogens with two attached hydrogens (primary N) is 1. The number of carbonyl (C=O) groups is 8. The smallest absolute Gasteiger partial charge is 0.325 e. The minimum absolute atomic E-state index is 0. The Bertz CT molecular complexity index is 5090. The number of likely N-dealkylation sites (N-methyl/N-ethyl adjacent to an activating group) is 1. The van der Waals surface area contributed by atoms with E-state index in [0.29, 0.717) is 18.8 Å². The first-order valence-electron chi connectivity index (χ1n) is 38.9. The molecule has 7 aromatic carbocycles. The van der Waals surface area contributed by atoms with Crippen LogP contribution in [0.2, 0.25) is 10.0 Å². The van der Waals surface area contributed by atoms with E-state index in [1.807, 2.05) is 0 Å². The molecule has 7 aromatic rings. The number of aliphatic hydroxyl groups is 8. The van der Waals surface area contributed by atoms with Crippen LogP contribution in [0, 0.1) is 18.4 Å². The molecule has 1 saturated heterocycles. The molecular weight excluding hydrogens is 1710 g/mol. The molecule has 6 aliphatic heterocycles. The number of rotatable bonds is 21. The Balaban J connectivity index is 0.0000145. The third kappa shape index (κ3) is 20.9. The van der Waals surface area contributed by atoms with E-state index in [4.69, 9.17) is 57.4 Å². The number of carboxylic acids is 1. The van der Waals surface area contributed by atoms with Gasteiger partial charge < -0.3 is 138 Å². The second kappa shape index (κ2) is 40.1. The number of benzene rings is 7. The van der Waals surface area contributed by atoms with Crippen LogP contribution in [-0.4, -0.2) is 188 Å². The summed E-state index contributed by atoms with van der Waals surface area (Å²) >= 11 is 14.3. The van der Waals surface area contributed by atoms with Gasteiger partial charge in [0.25, 0.3) is 0 Å². The van der Waals surface area contributed by atoms with Crippen molar-refractivity contribution < 1.29 is 166 Å². The molecule has 35 nitrogen and oxygen atoms in total. The van der Waals surface area contributed by atoms with Crippen LogP contribution in [-0.2, 0) is 75.8 Å². The SMILES string of the molecule is CN[C@H]1C(=O)N[C@H]2C(=O)N[C@H](C(=O)N[C@H]3C(=O)N[C@H](c4ccc(O)c(-c5c(OC6CC(CO)C(O)C(O)C6O)cc(O)cc5[C@H](N)C(=O)O)c4)C(=O)N[C@H](C(C)=O)[C@H](O)c4ccc(c(Cl)c4)Oc4cc3cc(c4OC3O[CH-]C(O)C(O)C3NC(=O)CCCCCCCCC(C)C)Oc3ccc(cc3Cl)[C@H]2O)c2cc(O)cc(c2)Oc2cc1ccc2O.[Y]. The molecule has 13 bridgehead atoms. The van der Waals surface area contributed by atoms with Gasteiger partial charge in [-0.2, -0.15) is 6.61 Å². The minimum atomic E-state index is -2.43. The number of ether oxygens (including phenoxy) is 6. The number of phenolic OH excluding ortho intramolecular Hbond substituents is 4. The van der Waals surface area contributed by atoms with Crippen LogP contribution in [0.25, 0.3) is 11.1 Å². The van der Waals surface area contributed by atoms with Gasteiger partial charge in [0, 0.05) is 74.9 Å². The fourth-order valence-electron chi connectivity index (χ4n) is 15.1. The van der Waals surface area contributed by atoms with Gasteiger partial charge in [0.05, 0.1) is 22.3 Å². The number of aromatic hydroxyl groups is 4. The Hall–Kier alpha value is -10.1. The molecule has 6 heterocycles. The first-order valence-corrected chi connectivity index (χ1v) is 39.7. The van der Waals surface area contributed by atoms with Crippen LogP contribution in [0.1, 0.15) is 160 Å². The first-order chi connectivity index (χ1) is 57.6. The zero-order chi connectivity index (χ0) is 87.3. The number of amides is 6. The van der Waals surface area contributed by atoms with Crippen molar-refractivity contribution in [3.8, 4) is 80.1 Å². The zero-order valence-electron chi connectivity index (χ0n) is 66.0. The Labute approximate surface area is 733 Å². The number of ketones is 1. The van der Waals surface area contributed by atoms with Crippen molar-refractivity contribution in [3.63, 3.8) is 0 Å². The molecule has 0 spiro atoms. The number of hydrogen-bond donors (Lipinski definition) is 21. The summed E-state index contributed by atoms with van der Waals surface area (Å²) in [5, 5.41) is 166. The van der Waals surface area contributed by atoms with Crippen LogP contribution in [0.5, 0.6) is 69.0 Å². The van der Waals surface area contributed by atoms with E-state index in [-0.39, 0.29) is 88.9 Å². The van der Waals surface area contributed by atoms with Gasteiger partial charge in [0.1, 0.15) is 119 Å². The summed E-state index contributed by atoms with van der Waals surface area (Å²) in [7, 11) is 1.38. The molecule has 7 aliphatic rings. The number of Topliss-reactive ketones (excluding diaryl/α,β-unsaturated/α-hetero) is 1. The van der Waals surface area contributed by atoms with E-state index in [1.165, 1.54) is 49.5 Å². The summed E-state index contributed by atoms with van der Waals surface area (Å²) in [6.07, 6.45) is -11.5. The third-order valence-electron chi connectivity index (χ3n) is 21.7. The number of carboxylic acid groups (broad SMARTS) is 1. The molecule has 22 N–H and O–H groups in total. The van der Waals surface area contributed by atoms with Crippen molar-refractivity contribution in [1.82, 2.24) is 37.2 Å². The van der Waals surface area contributed by atoms with Crippen LogP contribution < -0.4 is 66.6 Å². The largest absolute Gasteiger partial charge is 0.516 e. The Morgan fingerprint density at radius 2 is 1.15 bits per heavy atom. The van der Waals surface area contributed by atoms with E-state index in [9.17, 15) is 85.6 Å². The molecule has 38 heteroatoms. The molecule has 649 valence electrons. The average Bonchev–Trinajstić information content (AvgIpc) is 0.763. The Morgan fingerprint density at radius 3 is 1.76 bits per heavy atom. The molecule has 1 saturated carbocycles. The quantitative estimate of drug-likeness (QED) is 0.0313. The summed E-state index contributed by atoms with van der Waals surface area (Å²) in [5.41, 5.74) is 3.18. The van der Waals surface area contributed by atoms with Crippen molar-refractivity contribution in [2.24, 2.45) is 17.6 Å². The second-order valence-corrected chi connectivity index (χ2v) is 31.5.